The maximum absolute atomic E-state index is 11.3. The van der Waals surface area contributed by atoms with E-state index in [4.69, 9.17) is 64.9 Å². The van der Waals surface area contributed by atoms with Gasteiger partial charge in [-0.05, 0) is 6.07 Å². The molecule has 0 saturated carbocycles. The van der Waals surface area contributed by atoms with Gasteiger partial charge in [-0.1, -0.05) is 41.7 Å². The topological polar surface area (TPSA) is 87.1 Å². The predicted molar refractivity (Wildman–Crippen MR) is 92.6 cm³/mol. The molecule has 0 aliphatic carbocycles. The Kier molecular flexibility index (Phi) is 6.37. The lowest BCUT2D eigenvalue weighted by Gasteiger charge is -2.40. The third-order valence-corrected chi connectivity index (χ3v) is 6.34. The average molecular weight is 437 g/mol. The summed E-state index contributed by atoms with van der Waals surface area (Å²) in [6.45, 7) is -1.64. The lowest BCUT2D eigenvalue weighted by Crippen LogP contribution is -2.48. The van der Waals surface area contributed by atoms with Crippen LogP contribution in [0.3, 0.4) is 0 Å². The van der Waals surface area contributed by atoms with Crippen molar-refractivity contribution in [2.75, 3.05) is 20.3 Å². The molecule has 1 N–H and O–H groups in total. The molecule has 0 aromatic carbocycles. The van der Waals surface area contributed by atoms with Gasteiger partial charge < -0.3 is 14.4 Å². The van der Waals surface area contributed by atoms with Crippen LogP contribution in [0.15, 0.2) is 6.07 Å². The number of pyridine rings is 1. The number of halogens is 3. The molecule has 1 atom stereocenters. The van der Waals surface area contributed by atoms with E-state index in [-0.39, 0.29) is 34.3 Å². The van der Waals surface area contributed by atoms with Gasteiger partial charge in [-0.15, -0.1) is 0 Å². The van der Waals surface area contributed by atoms with Crippen molar-refractivity contribution in [2.24, 2.45) is 5.41 Å². The van der Waals surface area contributed by atoms with Gasteiger partial charge in [-0.25, -0.2) is 4.79 Å². The molecule has 1 aromatic rings. The average Bonchev–Trinajstić information content (AvgIpc) is 2.49. The van der Waals surface area contributed by atoms with E-state index < -0.39 is 24.2 Å². The monoisotopic (exact) mass is 435 g/mol. The van der Waals surface area contributed by atoms with E-state index in [1.165, 1.54) is 13.2 Å². The molecule has 0 amide bonds. The molecule has 1 aliphatic rings. The molecule has 0 radical (unpaired) electrons. The summed E-state index contributed by atoms with van der Waals surface area (Å²) in [6, 6.07) is 1.36. The molecule has 2 heterocycles. The molecule has 12 heteroatoms. The number of aliphatic carboxylic acids is 1. The molecule has 1 aliphatic heterocycles. The Balaban J connectivity index is 2.14. The van der Waals surface area contributed by atoms with E-state index in [1.807, 2.05) is 0 Å². The van der Waals surface area contributed by atoms with Crippen molar-refractivity contribution in [1.29, 1.82) is 0 Å². The third-order valence-electron chi connectivity index (χ3n) is 3.25. The zero-order chi connectivity index (χ0) is 18.1. The number of carbonyl (C=O) groups is 1. The number of rotatable bonds is 5. The quantitative estimate of drug-likeness (QED) is 0.551. The summed E-state index contributed by atoms with van der Waals surface area (Å²) in [7, 11) is 1.30. The Bertz CT molecular complexity index is 694. The molecule has 0 spiro atoms. The number of hydrogen-bond acceptors (Lipinski definition) is 7. The summed E-state index contributed by atoms with van der Waals surface area (Å²) >= 11 is 22.8. The number of hydrogen-bond donors (Lipinski definition) is 1. The molecular formula is C12H13Cl3NO6PS. The predicted octanol–water partition coefficient (Wildman–Crippen LogP) is 3.80. The Morgan fingerprint density at radius 1 is 1.42 bits per heavy atom. The van der Waals surface area contributed by atoms with E-state index in [9.17, 15) is 9.90 Å². The number of methoxy groups -OCH3 is 1. The van der Waals surface area contributed by atoms with Crippen LogP contribution in [0.1, 0.15) is 6.92 Å². The highest BCUT2D eigenvalue weighted by molar-refractivity contribution is 8.07. The summed E-state index contributed by atoms with van der Waals surface area (Å²) in [5, 5.41) is 9.45. The minimum Gasteiger partial charge on any atom is -0.479 e. The van der Waals surface area contributed by atoms with Crippen LogP contribution in [0, 0.1) is 5.41 Å². The second-order valence-electron chi connectivity index (χ2n) is 5.24. The Morgan fingerprint density at radius 3 is 2.50 bits per heavy atom. The number of carboxylic acids is 1. The van der Waals surface area contributed by atoms with Crippen LogP contribution >= 0.6 is 41.5 Å². The van der Waals surface area contributed by atoms with Crippen LogP contribution < -0.4 is 4.52 Å². The van der Waals surface area contributed by atoms with Crippen LogP contribution in [0.25, 0.3) is 0 Å². The second kappa shape index (κ2) is 7.60. The molecule has 134 valence electrons. The fourth-order valence-corrected chi connectivity index (χ4v) is 4.57. The SMILES string of the molecule is COC(C(=O)O)C1(C)COP(=S)(Oc2nc(Cl)c(Cl)cc2Cl)OC1. The standard InChI is InChI=1S/C12H13Cl3NO6PS/c1-12(8(19-2)11(17)18)4-20-23(24,21-5-12)22-10-7(14)3-6(13)9(15)16-10/h3,8H,4-5H2,1-2H3,(H,17,18). The van der Waals surface area contributed by atoms with Crippen molar-refractivity contribution < 1.29 is 28.2 Å². The highest BCUT2D eigenvalue weighted by Gasteiger charge is 2.47. The molecule has 1 fully saturated rings. The first-order valence-corrected chi connectivity index (χ1v) is 10.1. The van der Waals surface area contributed by atoms with E-state index in [2.05, 4.69) is 4.98 Å². The molecule has 0 bridgehead atoms. The molecule has 1 unspecified atom stereocenters. The largest absolute Gasteiger partial charge is 0.479 e. The number of nitrogens with zero attached hydrogens (tertiary/aromatic N) is 1. The Labute approximate surface area is 158 Å². The number of ether oxygens (including phenoxy) is 1. The summed E-state index contributed by atoms with van der Waals surface area (Å²) in [6.07, 6.45) is -1.12. The van der Waals surface area contributed by atoms with Crippen LogP contribution in [0.4, 0.5) is 0 Å². The van der Waals surface area contributed by atoms with Gasteiger partial charge in [0.15, 0.2) is 11.3 Å². The second-order valence-corrected chi connectivity index (χ2v) is 9.35. The van der Waals surface area contributed by atoms with Crippen LogP contribution in [0.5, 0.6) is 5.88 Å². The molecule has 2 rings (SSSR count). The normalized spacial score (nSPS) is 28.4. The van der Waals surface area contributed by atoms with Crippen molar-refractivity contribution in [1.82, 2.24) is 4.98 Å². The van der Waals surface area contributed by atoms with Crippen molar-refractivity contribution in [2.45, 2.75) is 13.0 Å². The highest BCUT2D eigenvalue weighted by atomic mass is 35.5. The Hall–Kier alpha value is -0.180. The third kappa shape index (κ3) is 4.31. The zero-order valence-corrected chi connectivity index (χ0v) is 16.5. The van der Waals surface area contributed by atoms with E-state index >= 15 is 0 Å². The number of aromatic nitrogens is 1. The molecule has 24 heavy (non-hydrogen) atoms. The van der Waals surface area contributed by atoms with Gasteiger partial charge in [0.05, 0.1) is 23.7 Å². The molecule has 1 saturated heterocycles. The van der Waals surface area contributed by atoms with Gasteiger partial charge in [-0.2, -0.15) is 4.98 Å². The summed E-state index contributed by atoms with van der Waals surface area (Å²) < 4.78 is 21.5. The molecular weight excluding hydrogens is 424 g/mol. The maximum Gasteiger partial charge on any atom is 0.381 e. The van der Waals surface area contributed by atoms with Crippen molar-refractivity contribution in [3.8, 4) is 5.88 Å². The van der Waals surface area contributed by atoms with Crippen LogP contribution in [0.2, 0.25) is 15.2 Å². The van der Waals surface area contributed by atoms with Gasteiger partial charge in [0.1, 0.15) is 5.02 Å². The van der Waals surface area contributed by atoms with E-state index in [1.54, 1.807) is 6.92 Å². The smallest absolute Gasteiger partial charge is 0.381 e. The van der Waals surface area contributed by atoms with E-state index in [0.29, 0.717) is 0 Å². The van der Waals surface area contributed by atoms with Gasteiger partial charge in [0.25, 0.3) is 0 Å². The number of carboxylic acid groups (broad SMARTS) is 1. The first-order chi connectivity index (χ1) is 11.1. The Morgan fingerprint density at radius 2 is 2.00 bits per heavy atom. The molecule has 1 aromatic heterocycles. The van der Waals surface area contributed by atoms with Crippen LogP contribution in [-0.4, -0.2) is 42.5 Å². The summed E-state index contributed by atoms with van der Waals surface area (Å²) in [5.74, 6) is -1.20. The first-order valence-electron chi connectivity index (χ1n) is 6.46. The van der Waals surface area contributed by atoms with Gasteiger partial charge in [-0.3, -0.25) is 9.05 Å². The van der Waals surface area contributed by atoms with Crippen molar-refractivity contribution in [3.63, 3.8) is 0 Å². The minimum atomic E-state index is -3.22. The van der Waals surface area contributed by atoms with Crippen LogP contribution in [-0.2, 0) is 30.4 Å². The van der Waals surface area contributed by atoms with Gasteiger partial charge in [0, 0.05) is 18.9 Å². The van der Waals surface area contributed by atoms with Gasteiger partial charge >= 0.3 is 12.7 Å². The van der Waals surface area contributed by atoms with Crippen molar-refractivity contribution >= 4 is 59.3 Å². The fraction of sp³-hybridized carbons (Fsp3) is 0.500. The lowest BCUT2D eigenvalue weighted by atomic mass is 9.86. The summed E-state index contributed by atoms with van der Waals surface area (Å²) in [5.41, 5.74) is -0.929. The molecule has 7 nitrogen and oxygen atoms in total. The van der Waals surface area contributed by atoms with Crippen molar-refractivity contribution in [3.05, 3.63) is 21.3 Å². The summed E-state index contributed by atoms with van der Waals surface area (Å²) in [4.78, 5) is 15.2. The maximum atomic E-state index is 11.3. The van der Waals surface area contributed by atoms with Gasteiger partial charge in [0.2, 0.25) is 5.88 Å². The first kappa shape index (κ1) is 20.1. The zero-order valence-electron chi connectivity index (χ0n) is 12.5. The highest BCUT2D eigenvalue weighted by Crippen LogP contribution is 2.56. The van der Waals surface area contributed by atoms with E-state index in [0.717, 1.165) is 0 Å². The lowest BCUT2D eigenvalue weighted by molar-refractivity contribution is -0.163. The minimum absolute atomic E-state index is 0.00941. The fourth-order valence-electron chi connectivity index (χ4n) is 2.02.